The van der Waals surface area contributed by atoms with Gasteiger partial charge in [-0.15, -0.1) is 0 Å². The monoisotopic (exact) mass is 338 g/mol. The maximum atomic E-state index is 12.3. The second-order valence-electron chi connectivity index (χ2n) is 6.20. The highest BCUT2D eigenvalue weighted by Crippen LogP contribution is 2.29. The highest BCUT2D eigenvalue weighted by atomic mass is 16.7. The van der Waals surface area contributed by atoms with E-state index in [9.17, 15) is 9.59 Å². The molecule has 0 atom stereocenters. The zero-order chi connectivity index (χ0) is 18.0. The second-order valence-corrected chi connectivity index (χ2v) is 6.20. The third-order valence-corrected chi connectivity index (χ3v) is 4.67. The van der Waals surface area contributed by atoms with Crippen LogP contribution in [0.5, 0.6) is 0 Å². The lowest BCUT2D eigenvalue weighted by atomic mass is 9.93. The first-order chi connectivity index (χ1) is 12.0. The zero-order valence-electron chi connectivity index (χ0n) is 14.8. The number of aryl methyl sites for hydroxylation is 2. The summed E-state index contributed by atoms with van der Waals surface area (Å²) in [5, 5.41) is 1.21. The van der Waals surface area contributed by atoms with Crippen LogP contribution < -0.4 is 4.90 Å². The maximum Gasteiger partial charge on any atom is 0.277 e. The number of hydroxylamine groups is 2. The summed E-state index contributed by atoms with van der Waals surface area (Å²) >= 11 is 0. The van der Waals surface area contributed by atoms with Crippen LogP contribution in [0.3, 0.4) is 0 Å². The van der Waals surface area contributed by atoms with Crippen molar-refractivity contribution in [1.82, 2.24) is 5.06 Å². The molecule has 0 bridgehead atoms. The van der Waals surface area contributed by atoms with Crippen molar-refractivity contribution in [2.75, 3.05) is 19.1 Å². The van der Waals surface area contributed by atoms with Crippen LogP contribution in [-0.4, -0.2) is 31.0 Å². The Morgan fingerprint density at radius 2 is 1.76 bits per heavy atom. The lowest BCUT2D eigenvalue weighted by molar-refractivity contribution is -0.116. The number of benzene rings is 2. The molecule has 1 aliphatic rings. The molecule has 1 heterocycles. The lowest BCUT2D eigenvalue weighted by Gasteiger charge is -2.28. The molecule has 5 heteroatoms. The molecule has 3 rings (SSSR count). The summed E-state index contributed by atoms with van der Waals surface area (Å²) in [5.41, 5.74) is 4.87. The summed E-state index contributed by atoms with van der Waals surface area (Å²) in [4.78, 5) is 31.3. The fraction of sp³-hybridized carbons (Fsp3) is 0.300. The summed E-state index contributed by atoms with van der Waals surface area (Å²) in [7, 11) is 3.06. The van der Waals surface area contributed by atoms with Crippen LogP contribution in [-0.2, 0) is 29.0 Å². The van der Waals surface area contributed by atoms with Crippen molar-refractivity contribution in [2.24, 2.45) is 0 Å². The fourth-order valence-corrected chi connectivity index (χ4v) is 3.20. The maximum absolute atomic E-state index is 12.3. The van der Waals surface area contributed by atoms with Gasteiger partial charge in [-0.2, -0.15) is 0 Å². The first-order valence-corrected chi connectivity index (χ1v) is 8.31. The summed E-state index contributed by atoms with van der Waals surface area (Å²) in [6, 6.07) is 13.7. The lowest BCUT2D eigenvalue weighted by Crippen LogP contribution is -2.31. The van der Waals surface area contributed by atoms with E-state index in [0.717, 1.165) is 35.2 Å². The number of rotatable bonds is 2. The van der Waals surface area contributed by atoms with Crippen molar-refractivity contribution < 1.29 is 14.4 Å². The van der Waals surface area contributed by atoms with Gasteiger partial charge in [0.05, 0.1) is 13.7 Å². The van der Waals surface area contributed by atoms with Crippen molar-refractivity contribution in [3.05, 3.63) is 64.7 Å². The Labute approximate surface area is 147 Å². The first-order valence-electron chi connectivity index (χ1n) is 8.31. The van der Waals surface area contributed by atoms with Gasteiger partial charge in [0.15, 0.2) is 0 Å². The molecule has 0 fully saturated rings. The fourth-order valence-electron chi connectivity index (χ4n) is 3.20. The van der Waals surface area contributed by atoms with Crippen LogP contribution in [0.25, 0.3) is 0 Å². The number of amides is 2. The van der Waals surface area contributed by atoms with E-state index in [0.29, 0.717) is 12.1 Å². The molecule has 5 nitrogen and oxygen atoms in total. The van der Waals surface area contributed by atoms with Gasteiger partial charge in [0.25, 0.3) is 5.91 Å². The van der Waals surface area contributed by atoms with E-state index in [-0.39, 0.29) is 11.8 Å². The number of hydrogen-bond donors (Lipinski definition) is 0. The first kappa shape index (κ1) is 17.2. The van der Waals surface area contributed by atoms with Crippen LogP contribution in [0.15, 0.2) is 42.5 Å². The van der Waals surface area contributed by atoms with Gasteiger partial charge < -0.3 is 4.90 Å². The summed E-state index contributed by atoms with van der Waals surface area (Å²) in [6.07, 6.45) is 1.65. The number of anilines is 1. The van der Waals surface area contributed by atoms with Crippen LogP contribution in [0.4, 0.5) is 5.69 Å². The van der Waals surface area contributed by atoms with Crippen LogP contribution in [0, 0.1) is 0 Å². The van der Waals surface area contributed by atoms with Gasteiger partial charge >= 0.3 is 0 Å². The van der Waals surface area contributed by atoms with Crippen LogP contribution in [0.2, 0.25) is 0 Å². The molecule has 0 aliphatic carbocycles. The molecule has 0 saturated carbocycles. The van der Waals surface area contributed by atoms with Crippen molar-refractivity contribution in [3.8, 4) is 0 Å². The molecule has 0 radical (unpaired) electrons. The Morgan fingerprint density at radius 1 is 1.04 bits per heavy atom. The number of para-hydroxylation sites is 1. The quantitative estimate of drug-likeness (QED) is 0.791. The summed E-state index contributed by atoms with van der Waals surface area (Å²) in [5.74, 6) is -0.171. The van der Waals surface area contributed by atoms with Crippen molar-refractivity contribution in [3.63, 3.8) is 0 Å². The number of hydrogen-bond acceptors (Lipinski definition) is 3. The third kappa shape index (κ3) is 3.42. The van der Waals surface area contributed by atoms with Crippen molar-refractivity contribution in [2.45, 2.75) is 26.3 Å². The van der Waals surface area contributed by atoms with Crippen LogP contribution in [0.1, 0.15) is 34.0 Å². The average Bonchev–Trinajstić information content (AvgIpc) is 2.61. The van der Waals surface area contributed by atoms with Gasteiger partial charge in [0.2, 0.25) is 5.91 Å². The van der Waals surface area contributed by atoms with E-state index >= 15 is 0 Å². The Balaban J connectivity index is 2.00. The Kier molecular flexibility index (Phi) is 4.86. The van der Waals surface area contributed by atoms with E-state index in [1.807, 2.05) is 30.3 Å². The number of carbonyl (C=O) groups is 2. The van der Waals surface area contributed by atoms with Crippen LogP contribution >= 0.6 is 0 Å². The highest BCUT2D eigenvalue weighted by molar-refractivity contribution is 5.94. The van der Waals surface area contributed by atoms with Gasteiger partial charge in [0.1, 0.15) is 0 Å². The van der Waals surface area contributed by atoms with Gasteiger partial charge in [0, 0.05) is 25.2 Å². The minimum absolute atomic E-state index is 0.0135. The summed E-state index contributed by atoms with van der Waals surface area (Å²) < 4.78 is 0. The molecular weight excluding hydrogens is 316 g/mol. The number of nitrogens with zero attached hydrogens (tertiary/aromatic N) is 2. The van der Waals surface area contributed by atoms with E-state index < -0.39 is 0 Å². The Morgan fingerprint density at radius 3 is 2.48 bits per heavy atom. The average molecular weight is 338 g/mol. The molecule has 0 unspecified atom stereocenters. The predicted octanol–water partition coefficient (Wildman–Crippen LogP) is 2.97. The number of fused-ring (bicyclic) bond motifs is 2. The van der Waals surface area contributed by atoms with Gasteiger partial charge in [-0.05, 0) is 47.7 Å². The smallest absolute Gasteiger partial charge is 0.277 e. The molecule has 0 saturated heterocycles. The molecule has 2 aromatic carbocycles. The largest absolute Gasteiger partial charge is 0.308 e. The molecular formula is C20H22N2O3. The van der Waals surface area contributed by atoms with E-state index in [4.69, 9.17) is 4.84 Å². The molecule has 0 aromatic heterocycles. The van der Waals surface area contributed by atoms with E-state index in [1.54, 1.807) is 24.9 Å². The predicted molar refractivity (Wildman–Crippen MR) is 96.3 cm³/mol. The van der Waals surface area contributed by atoms with E-state index in [1.165, 1.54) is 12.2 Å². The standard InChI is InChI=1S/C20H22N2O3/c1-14(23)22-13-18-11-10-17(20(24)21(2)25-3)12-16(18)9-8-15-6-4-5-7-19(15)22/h4-7,10-12H,8-9,13H2,1-3H3. The van der Waals surface area contributed by atoms with E-state index in [2.05, 4.69) is 6.07 Å². The van der Waals surface area contributed by atoms with Gasteiger partial charge in [-0.3, -0.25) is 14.4 Å². The molecule has 1 aliphatic heterocycles. The molecule has 2 aromatic rings. The van der Waals surface area contributed by atoms with Gasteiger partial charge in [-0.25, -0.2) is 5.06 Å². The zero-order valence-corrected chi connectivity index (χ0v) is 14.8. The van der Waals surface area contributed by atoms with Crippen molar-refractivity contribution in [1.29, 1.82) is 0 Å². The SMILES string of the molecule is CON(C)C(=O)c1ccc2c(c1)CCc1ccccc1N(C(C)=O)C2. The molecule has 25 heavy (non-hydrogen) atoms. The number of carbonyl (C=O) groups excluding carboxylic acids is 2. The molecule has 0 N–H and O–H groups in total. The molecule has 2 amide bonds. The Bertz CT molecular complexity index is 816. The summed E-state index contributed by atoms with van der Waals surface area (Å²) in [6.45, 7) is 2.10. The van der Waals surface area contributed by atoms with Gasteiger partial charge in [-0.1, -0.05) is 24.3 Å². The Hall–Kier alpha value is -2.66. The second kappa shape index (κ2) is 7.07. The minimum Gasteiger partial charge on any atom is -0.308 e. The third-order valence-electron chi connectivity index (χ3n) is 4.67. The van der Waals surface area contributed by atoms with Crippen molar-refractivity contribution >= 4 is 17.5 Å². The normalized spacial score (nSPS) is 13.3. The molecule has 130 valence electrons. The molecule has 0 spiro atoms. The highest BCUT2D eigenvalue weighted by Gasteiger charge is 2.21. The minimum atomic E-state index is -0.184. The topological polar surface area (TPSA) is 49.9 Å².